The van der Waals surface area contributed by atoms with E-state index in [9.17, 15) is 27.6 Å². The Kier molecular flexibility index (Phi) is 5.71. The van der Waals surface area contributed by atoms with Gasteiger partial charge in [0.25, 0.3) is 5.91 Å². The molecule has 0 bridgehead atoms. The lowest BCUT2D eigenvalue weighted by molar-refractivity contribution is -0.138. The summed E-state index contributed by atoms with van der Waals surface area (Å²) < 4.78 is 40.8. The summed E-state index contributed by atoms with van der Waals surface area (Å²) in [6.07, 6.45) is 0.789. The van der Waals surface area contributed by atoms with Crippen LogP contribution in [0.2, 0.25) is 0 Å². The topological polar surface area (TPSA) is 104 Å². The third-order valence-electron chi connectivity index (χ3n) is 4.75. The first-order chi connectivity index (χ1) is 13.2. The number of carbonyl (C=O) groups is 2. The van der Waals surface area contributed by atoms with Gasteiger partial charge in [0.05, 0.1) is 5.75 Å². The molecule has 2 heterocycles. The molecule has 28 heavy (non-hydrogen) atoms. The summed E-state index contributed by atoms with van der Waals surface area (Å²) in [7, 11) is -3.45. The summed E-state index contributed by atoms with van der Waals surface area (Å²) in [6, 6.07) is 6.32. The Hall–Kier alpha value is -2.46. The molecule has 2 aliphatic rings. The van der Waals surface area contributed by atoms with E-state index >= 15 is 0 Å². The Bertz CT molecular complexity index is 899. The summed E-state index contributed by atoms with van der Waals surface area (Å²) in [5.41, 5.74) is 2.52. The molecular weight excluding hydrogens is 391 g/mol. The molecule has 3 rings (SSSR count). The maximum atomic E-state index is 13.7. The van der Waals surface area contributed by atoms with E-state index in [0.29, 0.717) is 18.5 Å². The van der Waals surface area contributed by atoms with Crippen molar-refractivity contribution in [3.63, 3.8) is 0 Å². The second-order valence-corrected chi connectivity index (χ2v) is 9.08. The Balaban J connectivity index is 1.63. The molecule has 2 unspecified atom stereocenters. The smallest absolute Gasteiger partial charge is 0.438 e. The monoisotopic (exact) mass is 412 g/mol. The largest absolute Gasteiger partial charge is 0.445 e. The van der Waals surface area contributed by atoms with Gasteiger partial charge in [-0.15, -0.1) is 5.12 Å². The highest BCUT2D eigenvalue weighted by Gasteiger charge is 2.35. The lowest BCUT2D eigenvalue weighted by Crippen LogP contribution is -2.44. The number of carbonyl (C=O) groups excluding carboxylic acids is 2. The summed E-state index contributed by atoms with van der Waals surface area (Å²) in [5.74, 6) is -1.20. The molecule has 2 atom stereocenters. The van der Waals surface area contributed by atoms with Gasteiger partial charge < -0.3 is 14.7 Å². The van der Waals surface area contributed by atoms with E-state index in [4.69, 9.17) is 0 Å². The number of hydrogen-bond acceptors (Lipinski definition) is 6. The van der Waals surface area contributed by atoms with Gasteiger partial charge in [0.15, 0.2) is 9.84 Å². The van der Waals surface area contributed by atoms with Crippen LogP contribution >= 0.6 is 0 Å². The first-order valence-corrected chi connectivity index (χ1v) is 10.8. The highest BCUT2D eigenvalue weighted by Crippen LogP contribution is 2.30. The molecule has 1 saturated heterocycles. The molecule has 0 spiro atoms. The van der Waals surface area contributed by atoms with E-state index < -0.39 is 39.7 Å². The quantitative estimate of drug-likeness (QED) is 0.726. The van der Waals surface area contributed by atoms with Crippen LogP contribution in [0.25, 0.3) is 5.57 Å². The maximum Gasteiger partial charge on any atom is 0.438 e. The van der Waals surface area contributed by atoms with E-state index in [0.717, 1.165) is 17.4 Å². The molecule has 10 heteroatoms. The fraction of sp³-hybridized carbons (Fsp3) is 0.444. The number of halogens is 1. The van der Waals surface area contributed by atoms with Gasteiger partial charge in [-0.2, -0.15) is 0 Å². The number of amides is 2. The molecular formula is C18H21FN2O6S. The minimum atomic E-state index is -3.45. The van der Waals surface area contributed by atoms with Crippen molar-refractivity contribution in [1.82, 2.24) is 10.0 Å². The summed E-state index contributed by atoms with van der Waals surface area (Å²) >= 11 is 0. The molecule has 2 aliphatic heterocycles. The normalized spacial score (nSPS) is 21.3. The number of nitrogens with zero attached hydrogens (tertiary/aromatic N) is 2. The van der Waals surface area contributed by atoms with Crippen LogP contribution in [0, 0.1) is 0 Å². The van der Waals surface area contributed by atoms with Crippen LogP contribution in [-0.2, 0) is 19.4 Å². The van der Waals surface area contributed by atoms with Crippen molar-refractivity contribution in [2.75, 3.05) is 31.7 Å². The zero-order valence-electron chi connectivity index (χ0n) is 15.2. The molecule has 0 radical (unpaired) electrons. The molecule has 0 saturated carbocycles. The highest BCUT2D eigenvalue weighted by molar-refractivity contribution is 7.90. The van der Waals surface area contributed by atoms with Gasteiger partial charge in [-0.3, -0.25) is 4.79 Å². The highest BCUT2D eigenvalue weighted by atomic mass is 32.2. The summed E-state index contributed by atoms with van der Waals surface area (Å²) in [4.78, 5) is 24.7. The molecule has 0 aliphatic carbocycles. The number of benzene rings is 1. The Morgan fingerprint density at radius 2 is 2.04 bits per heavy atom. The van der Waals surface area contributed by atoms with Gasteiger partial charge in [-0.25, -0.2) is 13.2 Å². The van der Waals surface area contributed by atoms with Gasteiger partial charge in [-0.05, 0) is 23.1 Å². The van der Waals surface area contributed by atoms with E-state index in [1.165, 1.54) is 4.90 Å². The van der Waals surface area contributed by atoms with Crippen LogP contribution in [0.3, 0.4) is 0 Å². The third-order valence-corrected chi connectivity index (χ3v) is 5.67. The second-order valence-electron chi connectivity index (χ2n) is 6.90. The number of ether oxygens (including phenoxy) is 1. The number of aliphatic hydroxyl groups is 1. The predicted octanol–water partition coefficient (Wildman–Crippen LogP) is 1.09. The first kappa shape index (κ1) is 20.3. The fourth-order valence-corrected chi connectivity index (χ4v) is 3.97. The van der Waals surface area contributed by atoms with Crippen molar-refractivity contribution in [1.29, 1.82) is 0 Å². The lowest BCUT2D eigenvalue weighted by Gasteiger charge is -2.28. The molecule has 8 nitrogen and oxygen atoms in total. The molecule has 0 aromatic heterocycles. The van der Waals surface area contributed by atoms with E-state index in [2.05, 4.69) is 4.74 Å². The Morgan fingerprint density at radius 1 is 1.36 bits per heavy atom. The standard InChI is InChI=1S/C18H21FN2O6S/c1-28(25,26)11-16(22)17(23)20-8-6-13(7-9-20)12-2-4-14(5-3-12)15-10-27-18(24)21(15)19/h2-6,15-16,22H,7-11H2,1H3. The van der Waals surface area contributed by atoms with Gasteiger partial charge >= 0.3 is 6.09 Å². The van der Waals surface area contributed by atoms with Crippen molar-refractivity contribution < 1.29 is 32.3 Å². The summed E-state index contributed by atoms with van der Waals surface area (Å²) in [6.45, 7) is 0.584. The van der Waals surface area contributed by atoms with Crippen LogP contribution in [0.15, 0.2) is 30.3 Å². The number of sulfone groups is 1. The lowest BCUT2D eigenvalue weighted by atomic mass is 9.97. The van der Waals surface area contributed by atoms with Gasteiger partial charge in [0.2, 0.25) is 0 Å². The minimum absolute atomic E-state index is 0.0374. The fourth-order valence-electron chi connectivity index (χ4n) is 3.25. The van der Waals surface area contributed by atoms with E-state index in [1.807, 2.05) is 18.2 Å². The summed E-state index contributed by atoms with van der Waals surface area (Å²) in [5, 5.41) is 9.87. The van der Waals surface area contributed by atoms with Crippen molar-refractivity contribution in [3.05, 3.63) is 41.5 Å². The third kappa shape index (κ3) is 4.50. The van der Waals surface area contributed by atoms with Crippen LogP contribution in [-0.4, -0.2) is 73.4 Å². The van der Waals surface area contributed by atoms with Crippen molar-refractivity contribution >= 4 is 27.4 Å². The number of cyclic esters (lactones) is 1. The van der Waals surface area contributed by atoms with Crippen molar-refractivity contribution in [3.8, 4) is 0 Å². The Labute approximate surface area is 162 Å². The second kappa shape index (κ2) is 7.88. The van der Waals surface area contributed by atoms with Crippen molar-refractivity contribution in [2.45, 2.75) is 18.6 Å². The van der Waals surface area contributed by atoms with Crippen LogP contribution < -0.4 is 0 Å². The predicted molar refractivity (Wildman–Crippen MR) is 98.4 cm³/mol. The average molecular weight is 412 g/mol. The minimum Gasteiger partial charge on any atom is -0.445 e. The zero-order chi connectivity index (χ0) is 20.5. The van der Waals surface area contributed by atoms with E-state index in [-0.39, 0.29) is 18.3 Å². The van der Waals surface area contributed by atoms with Gasteiger partial charge in [0, 0.05) is 19.3 Å². The van der Waals surface area contributed by atoms with Crippen LogP contribution in [0.4, 0.5) is 9.28 Å². The van der Waals surface area contributed by atoms with Crippen LogP contribution in [0.1, 0.15) is 23.6 Å². The zero-order valence-corrected chi connectivity index (χ0v) is 16.1. The molecule has 1 fully saturated rings. The van der Waals surface area contributed by atoms with Gasteiger partial charge in [-0.1, -0.05) is 34.8 Å². The molecule has 152 valence electrons. The van der Waals surface area contributed by atoms with Gasteiger partial charge in [0.1, 0.15) is 18.8 Å². The van der Waals surface area contributed by atoms with Crippen LogP contribution in [0.5, 0.6) is 0 Å². The van der Waals surface area contributed by atoms with Crippen molar-refractivity contribution in [2.24, 2.45) is 0 Å². The Morgan fingerprint density at radius 3 is 2.54 bits per heavy atom. The number of rotatable bonds is 5. The molecule has 1 N–H and O–H groups in total. The molecule has 2 amide bonds. The first-order valence-electron chi connectivity index (χ1n) is 8.71. The maximum absolute atomic E-state index is 13.7. The number of aliphatic hydroxyl groups excluding tert-OH is 1. The number of hydrogen-bond donors (Lipinski definition) is 1. The van der Waals surface area contributed by atoms with E-state index in [1.54, 1.807) is 12.1 Å². The molecule has 1 aromatic carbocycles. The SMILES string of the molecule is CS(=O)(=O)CC(O)C(=O)N1CC=C(c2ccc(C3COC(=O)N3F)cc2)CC1. The average Bonchev–Trinajstić information content (AvgIpc) is 2.99. The molecule has 1 aromatic rings.